The molecule has 0 atom stereocenters. The molecular weight excluding hydrogens is 234 g/mol. The van der Waals surface area contributed by atoms with Gasteiger partial charge in [-0.25, -0.2) is 0 Å². The van der Waals surface area contributed by atoms with Gasteiger partial charge in [0, 0.05) is 13.6 Å². The first kappa shape index (κ1) is 14.0. The van der Waals surface area contributed by atoms with Gasteiger partial charge in [-0.15, -0.1) is 0 Å². The monoisotopic (exact) mass is 253 g/mol. The number of H-pyrrole nitrogens is 1. The highest BCUT2D eigenvalue weighted by atomic mass is 16.2. The number of hydrogen-bond donors (Lipinski definition) is 3. The average molecular weight is 253 g/mol. The third-order valence-electron chi connectivity index (χ3n) is 2.54. The number of nitrogens with one attached hydrogen (secondary N) is 2. The first-order valence-corrected chi connectivity index (χ1v) is 5.86. The van der Waals surface area contributed by atoms with Crippen LogP contribution >= 0.6 is 0 Å². The van der Waals surface area contributed by atoms with Gasteiger partial charge in [-0.1, -0.05) is 6.92 Å². The van der Waals surface area contributed by atoms with Crippen LogP contribution in [0.4, 0.5) is 5.69 Å². The van der Waals surface area contributed by atoms with Crippen molar-refractivity contribution in [1.29, 1.82) is 0 Å². The van der Waals surface area contributed by atoms with Crippen molar-refractivity contribution in [3.63, 3.8) is 0 Å². The van der Waals surface area contributed by atoms with E-state index in [1.165, 1.54) is 11.9 Å². The molecule has 0 aliphatic rings. The van der Waals surface area contributed by atoms with Crippen LogP contribution in [0.2, 0.25) is 0 Å². The van der Waals surface area contributed by atoms with E-state index in [1.807, 2.05) is 13.8 Å². The molecule has 7 heteroatoms. The lowest BCUT2D eigenvalue weighted by Crippen LogP contribution is -2.38. The minimum absolute atomic E-state index is 0.0135. The zero-order chi connectivity index (χ0) is 13.7. The van der Waals surface area contributed by atoms with E-state index in [0.717, 1.165) is 5.69 Å². The fourth-order valence-corrected chi connectivity index (χ4v) is 1.54. The van der Waals surface area contributed by atoms with E-state index >= 15 is 0 Å². The molecule has 0 unspecified atom stereocenters. The molecule has 1 heterocycles. The highest BCUT2D eigenvalue weighted by Gasteiger charge is 2.21. The van der Waals surface area contributed by atoms with Gasteiger partial charge in [0.05, 0.1) is 17.9 Å². The number of nitrogen functional groups attached to an aromatic ring is 1. The van der Waals surface area contributed by atoms with Crippen LogP contribution in [-0.2, 0) is 11.2 Å². The molecule has 7 nitrogen and oxygen atoms in total. The maximum Gasteiger partial charge on any atom is 0.276 e. The molecular formula is C11H19N5O2. The van der Waals surface area contributed by atoms with Gasteiger partial charge in [-0.2, -0.15) is 5.10 Å². The molecule has 1 aromatic rings. The van der Waals surface area contributed by atoms with E-state index in [2.05, 4.69) is 15.5 Å². The van der Waals surface area contributed by atoms with Crippen molar-refractivity contribution in [1.82, 2.24) is 20.4 Å². The van der Waals surface area contributed by atoms with Gasteiger partial charge in [0.2, 0.25) is 5.91 Å². The molecule has 100 valence electrons. The van der Waals surface area contributed by atoms with Gasteiger partial charge < -0.3 is 16.0 Å². The highest BCUT2D eigenvalue weighted by molar-refractivity contribution is 5.99. The average Bonchev–Trinajstić information content (AvgIpc) is 2.69. The first-order chi connectivity index (χ1) is 8.51. The molecule has 0 aliphatic carbocycles. The number of aryl methyl sites for hydroxylation is 1. The van der Waals surface area contributed by atoms with Crippen molar-refractivity contribution in [2.45, 2.75) is 20.3 Å². The SMILES string of the molecule is CCNC(=O)CN(C)C(=O)c1n[nH]c(CC)c1N. The molecule has 4 N–H and O–H groups in total. The minimum atomic E-state index is -0.366. The Morgan fingerprint density at radius 3 is 2.61 bits per heavy atom. The van der Waals surface area contributed by atoms with Crippen LogP contribution < -0.4 is 11.1 Å². The van der Waals surface area contributed by atoms with Crippen molar-refractivity contribution in [2.24, 2.45) is 0 Å². The van der Waals surface area contributed by atoms with Gasteiger partial charge in [0.15, 0.2) is 5.69 Å². The van der Waals surface area contributed by atoms with E-state index in [4.69, 9.17) is 5.73 Å². The molecule has 1 aromatic heterocycles. The first-order valence-electron chi connectivity index (χ1n) is 5.86. The Balaban J connectivity index is 2.74. The number of aromatic nitrogens is 2. The molecule has 18 heavy (non-hydrogen) atoms. The number of nitrogens with two attached hydrogens (primary N) is 1. The summed E-state index contributed by atoms with van der Waals surface area (Å²) in [5, 5.41) is 9.22. The molecule has 2 amide bonds. The zero-order valence-electron chi connectivity index (χ0n) is 10.9. The lowest BCUT2D eigenvalue weighted by atomic mass is 10.2. The molecule has 1 rings (SSSR count). The Hall–Kier alpha value is -2.05. The summed E-state index contributed by atoms with van der Waals surface area (Å²) in [7, 11) is 1.54. The van der Waals surface area contributed by atoms with Crippen molar-refractivity contribution in [2.75, 3.05) is 25.9 Å². The van der Waals surface area contributed by atoms with Crippen molar-refractivity contribution < 1.29 is 9.59 Å². The maximum absolute atomic E-state index is 12.0. The quantitative estimate of drug-likeness (QED) is 0.673. The summed E-state index contributed by atoms with van der Waals surface area (Å²) in [6, 6.07) is 0. The summed E-state index contributed by atoms with van der Waals surface area (Å²) in [5.41, 5.74) is 7.04. The molecule has 0 spiro atoms. The number of likely N-dealkylation sites (N-methyl/N-ethyl adjacent to an activating group) is 2. The van der Waals surface area contributed by atoms with Crippen LogP contribution in [0.3, 0.4) is 0 Å². The van der Waals surface area contributed by atoms with Crippen LogP contribution in [0, 0.1) is 0 Å². The van der Waals surface area contributed by atoms with E-state index in [-0.39, 0.29) is 24.1 Å². The van der Waals surface area contributed by atoms with E-state index in [0.29, 0.717) is 18.7 Å². The van der Waals surface area contributed by atoms with Crippen LogP contribution in [0.1, 0.15) is 30.0 Å². The van der Waals surface area contributed by atoms with E-state index < -0.39 is 0 Å². The number of nitrogens with zero attached hydrogens (tertiary/aromatic N) is 2. The summed E-state index contributed by atoms with van der Waals surface area (Å²) < 4.78 is 0. The Kier molecular flexibility index (Phi) is 4.70. The molecule has 0 bridgehead atoms. The summed E-state index contributed by atoms with van der Waals surface area (Å²) in [5.74, 6) is -0.576. The second-order valence-corrected chi connectivity index (χ2v) is 3.93. The summed E-state index contributed by atoms with van der Waals surface area (Å²) >= 11 is 0. The van der Waals surface area contributed by atoms with Crippen LogP contribution in [0.15, 0.2) is 0 Å². The third kappa shape index (κ3) is 2.99. The second-order valence-electron chi connectivity index (χ2n) is 3.93. The Bertz CT molecular complexity index is 441. The highest BCUT2D eigenvalue weighted by Crippen LogP contribution is 2.15. The zero-order valence-corrected chi connectivity index (χ0v) is 10.9. The number of anilines is 1. The molecule has 0 fully saturated rings. The van der Waals surface area contributed by atoms with Crippen molar-refractivity contribution in [3.05, 3.63) is 11.4 Å². The standard InChI is InChI=1S/C11H19N5O2/c1-4-7-9(12)10(15-14-7)11(18)16(3)6-8(17)13-5-2/h4-6,12H2,1-3H3,(H,13,17)(H,14,15). The Morgan fingerprint density at radius 1 is 1.44 bits per heavy atom. The Morgan fingerprint density at radius 2 is 2.11 bits per heavy atom. The van der Waals surface area contributed by atoms with E-state index in [9.17, 15) is 9.59 Å². The normalized spacial score (nSPS) is 10.2. The van der Waals surface area contributed by atoms with E-state index in [1.54, 1.807) is 0 Å². The summed E-state index contributed by atoms with van der Waals surface area (Å²) in [4.78, 5) is 24.7. The summed E-state index contributed by atoms with van der Waals surface area (Å²) in [6.45, 7) is 4.25. The fraction of sp³-hybridized carbons (Fsp3) is 0.545. The van der Waals surface area contributed by atoms with Gasteiger partial charge in [-0.3, -0.25) is 14.7 Å². The largest absolute Gasteiger partial charge is 0.395 e. The maximum atomic E-state index is 12.0. The predicted molar refractivity (Wildman–Crippen MR) is 68.0 cm³/mol. The van der Waals surface area contributed by atoms with Crippen LogP contribution in [-0.4, -0.2) is 47.0 Å². The Labute approximate surface area is 106 Å². The molecule has 0 saturated heterocycles. The number of aromatic amines is 1. The van der Waals surface area contributed by atoms with Crippen LogP contribution in [0.25, 0.3) is 0 Å². The number of carbonyl (C=O) groups excluding carboxylic acids is 2. The number of amides is 2. The third-order valence-corrected chi connectivity index (χ3v) is 2.54. The molecule has 0 aliphatic heterocycles. The number of carbonyl (C=O) groups is 2. The smallest absolute Gasteiger partial charge is 0.276 e. The fourth-order valence-electron chi connectivity index (χ4n) is 1.54. The van der Waals surface area contributed by atoms with Crippen molar-refractivity contribution in [3.8, 4) is 0 Å². The van der Waals surface area contributed by atoms with Gasteiger partial charge in [-0.05, 0) is 13.3 Å². The minimum Gasteiger partial charge on any atom is -0.395 e. The summed E-state index contributed by atoms with van der Waals surface area (Å²) in [6.07, 6.45) is 0.673. The number of hydrogen-bond acceptors (Lipinski definition) is 4. The molecule has 0 aromatic carbocycles. The van der Waals surface area contributed by atoms with Gasteiger partial charge in [0.25, 0.3) is 5.91 Å². The topological polar surface area (TPSA) is 104 Å². The van der Waals surface area contributed by atoms with Crippen molar-refractivity contribution >= 4 is 17.5 Å². The lowest BCUT2D eigenvalue weighted by molar-refractivity contribution is -0.121. The van der Waals surface area contributed by atoms with Crippen LogP contribution in [0.5, 0.6) is 0 Å². The second kappa shape index (κ2) is 6.04. The predicted octanol–water partition coefficient (Wildman–Crippen LogP) is -0.238. The molecule has 0 radical (unpaired) electrons. The van der Waals surface area contributed by atoms with Gasteiger partial charge >= 0.3 is 0 Å². The molecule has 0 saturated carbocycles. The number of rotatable bonds is 5. The van der Waals surface area contributed by atoms with Gasteiger partial charge in [0.1, 0.15) is 0 Å². The lowest BCUT2D eigenvalue weighted by Gasteiger charge is -2.15.